The van der Waals surface area contributed by atoms with Crippen LogP contribution in [-0.2, 0) is 5.41 Å². The predicted octanol–water partition coefficient (Wildman–Crippen LogP) is 12.7. The number of nitrogens with zero attached hydrogens (tertiary/aromatic N) is 4. The van der Waals surface area contributed by atoms with Gasteiger partial charge in [-0.3, -0.25) is 4.90 Å². The van der Waals surface area contributed by atoms with E-state index in [1.165, 1.54) is 44.1 Å². The van der Waals surface area contributed by atoms with Crippen LogP contribution in [0.15, 0.2) is 182 Å². The van der Waals surface area contributed by atoms with E-state index in [0.717, 1.165) is 39.3 Å². The van der Waals surface area contributed by atoms with E-state index in [9.17, 15) is 0 Å². The van der Waals surface area contributed by atoms with E-state index < -0.39 is 0 Å². The minimum absolute atomic E-state index is 0.0757. The number of para-hydroxylation sites is 2. The number of hydrogen-bond donors (Lipinski definition) is 0. The first-order chi connectivity index (χ1) is 26.0. The first-order valence-electron chi connectivity index (χ1n) is 18.2. The molecule has 0 fully saturated rings. The molecule has 1 aliphatic carbocycles. The molecule has 0 unspecified atom stereocenters. The molecular weight excluding hydrogens is 645 g/mol. The van der Waals surface area contributed by atoms with Gasteiger partial charge in [-0.1, -0.05) is 129 Å². The summed E-state index contributed by atoms with van der Waals surface area (Å²) in [6.07, 6.45) is 3.93. The maximum atomic E-state index is 5.06. The standard InChI is InChI=1S/C49H36N4/c1-49(2)44-19-11-9-17-40(44)41-27-23-35(29-45(41)49)36-31-50-48(51-32-36)52(38-24-21-34(22-25-38)33-13-5-3-6-14-33)39-26-28-47-43(30-39)42-18-10-12-20-46(42)53(47)37-15-7-4-8-16-37/h3-32H,1-2H3. The van der Waals surface area contributed by atoms with Crippen LogP contribution >= 0.6 is 0 Å². The zero-order valence-corrected chi connectivity index (χ0v) is 29.6. The van der Waals surface area contributed by atoms with Crippen LogP contribution in [0, 0.1) is 0 Å². The number of aromatic nitrogens is 3. The van der Waals surface area contributed by atoms with Crippen LogP contribution in [0.1, 0.15) is 25.0 Å². The second kappa shape index (κ2) is 12.2. The number of anilines is 3. The fourth-order valence-electron chi connectivity index (χ4n) is 8.24. The van der Waals surface area contributed by atoms with Crippen molar-refractivity contribution >= 4 is 39.1 Å². The summed E-state index contributed by atoms with van der Waals surface area (Å²) in [5, 5.41) is 2.37. The van der Waals surface area contributed by atoms with Crippen molar-refractivity contribution in [2.45, 2.75) is 19.3 Å². The molecule has 4 nitrogen and oxygen atoms in total. The van der Waals surface area contributed by atoms with Crippen LogP contribution in [0.25, 0.3) is 60.9 Å². The lowest BCUT2D eigenvalue weighted by atomic mass is 9.82. The Morgan fingerprint density at radius 1 is 0.453 bits per heavy atom. The molecule has 1 aliphatic rings. The Balaban J connectivity index is 1.09. The highest BCUT2D eigenvalue weighted by molar-refractivity contribution is 6.10. The van der Waals surface area contributed by atoms with Crippen molar-refractivity contribution in [3.05, 3.63) is 193 Å². The van der Waals surface area contributed by atoms with Crippen LogP contribution in [0.3, 0.4) is 0 Å². The lowest BCUT2D eigenvalue weighted by Gasteiger charge is -2.24. The van der Waals surface area contributed by atoms with Crippen LogP contribution in [0.4, 0.5) is 17.3 Å². The highest BCUT2D eigenvalue weighted by Gasteiger charge is 2.35. The first-order valence-corrected chi connectivity index (χ1v) is 18.2. The molecule has 53 heavy (non-hydrogen) atoms. The zero-order valence-electron chi connectivity index (χ0n) is 29.6. The fraction of sp³-hybridized carbons (Fsp3) is 0.0612. The van der Waals surface area contributed by atoms with E-state index in [1.807, 2.05) is 18.5 Å². The predicted molar refractivity (Wildman–Crippen MR) is 219 cm³/mol. The van der Waals surface area contributed by atoms with Gasteiger partial charge in [-0.15, -0.1) is 0 Å². The lowest BCUT2D eigenvalue weighted by Crippen LogP contribution is -2.15. The maximum absolute atomic E-state index is 5.06. The average molecular weight is 681 g/mol. The van der Waals surface area contributed by atoms with E-state index in [4.69, 9.17) is 9.97 Å². The van der Waals surface area contributed by atoms with Gasteiger partial charge >= 0.3 is 0 Å². The third-order valence-corrected chi connectivity index (χ3v) is 10.9. The summed E-state index contributed by atoms with van der Waals surface area (Å²) in [6.45, 7) is 4.63. The second-order valence-corrected chi connectivity index (χ2v) is 14.3. The second-order valence-electron chi connectivity index (χ2n) is 14.3. The Hall–Kier alpha value is -6.78. The van der Waals surface area contributed by atoms with Gasteiger partial charge in [-0.05, 0) is 93.5 Å². The summed E-state index contributed by atoms with van der Waals surface area (Å²) in [7, 11) is 0. The molecule has 252 valence electrons. The van der Waals surface area contributed by atoms with Crippen LogP contribution in [0.5, 0.6) is 0 Å². The molecule has 0 N–H and O–H groups in total. The number of hydrogen-bond acceptors (Lipinski definition) is 3. The summed E-state index contributed by atoms with van der Waals surface area (Å²) < 4.78 is 2.34. The van der Waals surface area contributed by atoms with Crippen LogP contribution in [0.2, 0.25) is 0 Å². The van der Waals surface area contributed by atoms with Gasteiger partial charge in [-0.2, -0.15) is 0 Å². The van der Waals surface area contributed by atoms with Gasteiger partial charge in [-0.25, -0.2) is 9.97 Å². The molecule has 0 amide bonds. The molecule has 4 heteroatoms. The summed E-state index contributed by atoms with van der Waals surface area (Å²) in [6, 6.07) is 60.6. The summed E-state index contributed by atoms with van der Waals surface area (Å²) >= 11 is 0. The van der Waals surface area contributed by atoms with Crippen molar-refractivity contribution in [2.75, 3.05) is 4.90 Å². The number of benzene rings is 7. The van der Waals surface area contributed by atoms with Crippen molar-refractivity contribution in [3.63, 3.8) is 0 Å². The summed E-state index contributed by atoms with van der Waals surface area (Å²) in [4.78, 5) is 12.3. The third kappa shape index (κ3) is 5.06. The van der Waals surface area contributed by atoms with E-state index in [1.54, 1.807) is 0 Å². The van der Waals surface area contributed by atoms with E-state index >= 15 is 0 Å². The Morgan fingerprint density at radius 3 is 1.85 bits per heavy atom. The Bertz CT molecular complexity index is 2780. The highest BCUT2D eigenvalue weighted by Crippen LogP contribution is 2.49. The minimum atomic E-state index is -0.0757. The lowest BCUT2D eigenvalue weighted by molar-refractivity contribution is 0.660. The van der Waals surface area contributed by atoms with Gasteiger partial charge in [0.1, 0.15) is 0 Å². The molecule has 0 atom stereocenters. The Morgan fingerprint density at radius 2 is 1.06 bits per heavy atom. The number of fused-ring (bicyclic) bond motifs is 6. The van der Waals surface area contributed by atoms with Crippen LogP contribution in [-0.4, -0.2) is 14.5 Å². The quantitative estimate of drug-likeness (QED) is 0.175. The fourth-order valence-corrected chi connectivity index (χ4v) is 8.24. The van der Waals surface area contributed by atoms with Crippen molar-refractivity contribution in [3.8, 4) is 39.1 Å². The number of rotatable bonds is 6. The van der Waals surface area contributed by atoms with Crippen molar-refractivity contribution in [2.24, 2.45) is 0 Å². The molecule has 0 aliphatic heterocycles. The molecule has 7 aromatic carbocycles. The highest BCUT2D eigenvalue weighted by atomic mass is 15.3. The average Bonchev–Trinajstić information content (AvgIpc) is 3.67. The van der Waals surface area contributed by atoms with Crippen molar-refractivity contribution in [1.82, 2.24) is 14.5 Å². The Labute approximate surface area is 309 Å². The SMILES string of the molecule is CC1(C)c2ccccc2-c2ccc(-c3cnc(N(c4ccc(-c5ccccc5)cc4)c4ccc5c(c4)c4ccccc4n5-c4ccccc4)nc3)cc21. The molecule has 2 aromatic heterocycles. The topological polar surface area (TPSA) is 34.0 Å². The molecule has 0 bridgehead atoms. The van der Waals surface area contributed by atoms with Gasteiger partial charge in [0.05, 0.1) is 11.0 Å². The van der Waals surface area contributed by atoms with Gasteiger partial charge in [0.25, 0.3) is 0 Å². The monoisotopic (exact) mass is 680 g/mol. The van der Waals surface area contributed by atoms with E-state index in [2.05, 4.69) is 187 Å². The van der Waals surface area contributed by atoms with Crippen LogP contribution < -0.4 is 4.90 Å². The third-order valence-electron chi connectivity index (χ3n) is 10.9. The molecule has 0 spiro atoms. The molecule has 0 saturated carbocycles. The molecule has 10 rings (SSSR count). The summed E-state index contributed by atoms with van der Waals surface area (Å²) in [5.41, 5.74) is 15.1. The van der Waals surface area contributed by atoms with Crippen molar-refractivity contribution in [1.29, 1.82) is 0 Å². The normalized spacial score (nSPS) is 12.9. The van der Waals surface area contributed by atoms with Gasteiger partial charge in [0.15, 0.2) is 0 Å². The molecule has 0 radical (unpaired) electrons. The molecule has 2 heterocycles. The molecule has 0 saturated heterocycles. The summed E-state index contributed by atoms with van der Waals surface area (Å²) in [5.74, 6) is 0.612. The largest absolute Gasteiger partial charge is 0.309 e. The zero-order chi connectivity index (χ0) is 35.5. The molecular formula is C49H36N4. The molecule has 9 aromatic rings. The maximum Gasteiger partial charge on any atom is 0.234 e. The van der Waals surface area contributed by atoms with Gasteiger partial charge in [0, 0.05) is 51.2 Å². The van der Waals surface area contributed by atoms with Gasteiger partial charge < -0.3 is 4.57 Å². The van der Waals surface area contributed by atoms with E-state index in [-0.39, 0.29) is 5.41 Å². The van der Waals surface area contributed by atoms with Gasteiger partial charge in [0.2, 0.25) is 5.95 Å². The van der Waals surface area contributed by atoms with Crippen molar-refractivity contribution < 1.29 is 0 Å². The van der Waals surface area contributed by atoms with E-state index in [0.29, 0.717) is 5.95 Å². The minimum Gasteiger partial charge on any atom is -0.309 e. The first kappa shape index (κ1) is 31.0. The smallest absolute Gasteiger partial charge is 0.234 e. The Kier molecular flexibility index (Phi) is 7.12.